The number of carbonyl (C=O) groups excluding carboxylic acids is 1. The highest BCUT2D eigenvalue weighted by Crippen LogP contribution is 2.32. The number of benzene rings is 1. The van der Waals surface area contributed by atoms with Gasteiger partial charge in [-0.3, -0.25) is 9.36 Å². The van der Waals surface area contributed by atoms with Gasteiger partial charge in [0.25, 0.3) is 5.91 Å². The third-order valence-corrected chi connectivity index (χ3v) is 6.20. The van der Waals surface area contributed by atoms with Gasteiger partial charge in [0.05, 0.1) is 11.3 Å². The van der Waals surface area contributed by atoms with Crippen LogP contribution in [0.3, 0.4) is 0 Å². The molecule has 1 saturated carbocycles. The van der Waals surface area contributed by atoms with Crippen molar-refractivity contribution in [3.05, 3.63) is 45.2 Å². The van der Waals surface area contributed by atoms with E-state index in [0.717, 1.165) is 12.8 Å². The van der Waals surface area contributed by atoms with Crippen LogP contribution in [0.15, 0.2) is 22.7 Å². The molecule has 1 amide bonds. The summed E-state index contributed by atoms with van der Waals surface area (Å²) in [4.78, 5) is 17.0. The predicted octanol–water partition coefficient (Wildman–Crippen LogP) is 4.66. The molecule has 8 heteroatoms. The number of nitrogens with one attached hydrogen (secondary N) is 1. The molecule has 3 rings (SSSR count). The van der Waals surface area contributed by atoms with Crippen molar-refractivity contribution < 1.29 is 14.3 Å². The summed E-state index contributed by atoms with van der Waals surface area (Å²) in [6, 6.07) is 4.62. The fraction of sp³-hybridized carbons (Fsp3) is 0.500. The molecule has 0 bridgehead atoms. The van der Waals surface area contributed by atoms with Crippen LogP contribution in [0.2, 0.25) is 5.15 Å². The Morgan fingerprint density at radius 3 is 2.75 bits per heavy atom. The van der Waals surface area contributed by atoms with Crippen molar-refractivity contribution in [3.8, 4) is 5.69 Å². The Labute approximate surface area is 177 Å². The van der Waals surface area contributed by atoms with E-state index in [-0.39, 0.29) is 23.1 Å². The van der Waals surface area contributed by atoms with Crippen molar-refractivity contribution in [2.45, 2.75) is 51.6 Å². The number of hydrogen-bond acceptors (Lipinski definition) is 3. The van der Waals surface area contributed by atoms with E-state index in [1.807, 2.05) is 6.92 Å². The van der Waals surface area contributed by atoms with E-state index >= 15 is 0 Å². The summed E-state index contributed by atoms with van der Waals surface area (Å²) in [6.07, 6.45) is 3.65. The smallest absolute Gasteiger partial charge is 0.273 e. The molecule has 2 aromatic rings. The van der Waals surface area contributed by atoms with Crippen LogP contribution in [0.4, 0.5) is 4.39 Å². The first-order valence-electron chi connectivity index (χ1n) is 9.47. The summed E-state index contributed by atoms with van der Waals surface area (Å²) < 4.78 is 16.5. The molecule has 0 aliphatic heterocycles. The van der Waals surface area contributed by atoms with E-state index in [9.17, 15) is 14.3 Å². The summed E-state index contributed by atoms with van der Waals surface area (Å²) in [5.74, 6) is 0.139. The molecule has 5 nitrogen and oxygen atoms in total. The van der Waals surface area contributed by atoms with Crippen LogP contribution in [-0.4, -0.2) is 32.7 Å². The van der Waals surface area contributed by atoms with Gasteiger partial charge in [-0.2, -0.15) is 0 Å². The van der Waals surface area contributed by atoms with E-state index in [0.29, 0.717) is 35.5 Å². The molecule has 0 saturated heterocycles. The number of nitrogens with zero attached hydrogens (tertiary/aromatic N) is 2. The first-order chi connectivity index (χ1) is 13.2. The summed E-state index contributed by atoms with van der Waals surface area (Å²) in [5, 5.41) is 13.5. The van der Waals surface area contributed by atoms with Gasteiger partial charge in [-0.1, -0.05) is 41.4 Å². The number of aryl methyl sites for hydroxylation is 1. The van der Waals surface area contributed by atoms with Gasteiger partial charge in [-0.15, -0.1) is 0 Å². The molecular formula is C20H24BrClFN3O2. The van der Waals surface area contributed by atoms with Crippen molar-refractivity contribution in [2.75, 3.05) is 6.54 Å². The molecule has 1 heterocycles. The van der Waals surface area contributed by atoms with Gasteiger partial charge in [0.1, 0.15) is 16.8 Å². The van der Waals surface area contributed by atoms with E-state index in [4.69, 9.17) is 11.6 Å². The average Bonchev–Trinajstić information content (AvgIpc) is 2.99. The number of carbonyl (C=O) groups is 1. The van der Waals surface area contributed by atoms with Crippen molar-refractivity contribution in [1.82, 2.24) is 14.9 Å². The largest absolute Gasteiger partial charge is 0.388 e. The number of hydrogen-bond donors (Lipinski definition) is 2. The van der Waals surface area contributed by atoms with Crippen LogP contribution in [-0.2, 0) is 6.42 Å². The van der Waals surface area contributed by atoms with Gasteiger partial charge in [-0.25, -0.2) is 9.37 Å². The maximum atomic E-state index is 14.4. The molecule has 0 radical (unpaired) electrons. The lowest BCUT2D eigenvalue weighted by Crippen LogP contribution is -2.45. The van der Waals surface area contributed by atoms with Crippen LogP contribution < -0.4 is 5.32 Å². The molecule has 152 valence electrons. The Bertz CT molecular complexity index is 879. The summed E-state index contributed by atoms with van der Waals surface area (Å²) in [7, 11) is 0. The minimum atomic E-state index is -0.900. The second-order valence-corrected chi connectivity index (χ2v) is 8.82. The molecule has 1 aliphatic carbocycles. The molecule has 0 spiro atoms. The molecule has 0 unspecified atom stereocenters. The van der Waals surface area contributed by atoms with Gasteiger partial charge in [0.15, 0.2) is 5.69 Å². The Hall–Kier alpha value is -1.44. The second kappa shape index (κ2) is 8.51. The Kier molecular flexibility index (Phi) is 6.47. The Morgan fingerprint density at radius 2 is 2.14 bits per heavy atom. The van der Waals surface area contributed by atoms with Crippen molar-refractivity contribution in [1.29, 1.82) is 0 Å². The highest BCUT2D eigenvalue weighted by Gasteiger charge is 2.33. The van der Waals surface area contributed by atoms with Gasteiger partial charge in [0.2, 0.25) is 0 Å². The third-order valence-electron chi connectivity index (χ3n) is 5.36. The number of imidazole rings is 1. The highest BCUT2D eigenvalue weighted by molar-refractivity contribution is 9.10. The lowest BCUT2D eigenvalue weighted by atomic mass is 9.79. The van der Waals surface area contributed by atoms with Gasteiger partial charge < -0.3 is 10.4 Å². The minimum Gasteiger partial charge on any atom is -0.388 e. The highest BCUT2D eigenvalue weighted by atomic mass is 79.9. The van der Waals surface area contributed by atoms with Crippen LogP contribution >= 0.6 is 27.5 Å². The minimum absolute atomic E-state index is 0.0358. The van der Waals surface area contributed by atoms with E-state index in [2.05, 4.69) is 33.2 Å². The number of halogens is 3. The fourth-order valence-corrected chi connectivity index (χ4v) is 4.19. The van der Waals surface area contributed by atoms with Gasteiger partial charge in [-0.05, 0) is 49.8 Å². The summed E-state index contributed by atoms with van der Waals surface area (Å²) >= 11 is 9.66. The zero-order chi connectivity index (χ0) is 20.5. The van der Waals surface area contributed by atoms with E-state index in [1.165, 1.54) is 10.6 Å². The van der Waals surface area contributed by atoms with Crippen LogP contribution in [0.5, 0.6) is 0 Å². The summed E-state index contributed by atoms with van der Waals surface area (Å²) in [6.45, 7) is 4.17. The Balaban J connectivity index is 1.83. The van der Waals surface area contributed by atoms with E-state index < -0.39 is 17.3 Å². The zero-order valence-electron chi connectivity index (χ0n) is 15.9. The first-order valence-corrected chi connectivity index (χ1v) is 10.6. The van der Waals surface area contributed by atoms with E-state index in [1.54, 1.807) is 12.1 Å². The molecule has 0 atom stereocenters. The average molecular weight is 473 g/mol. The number of aromatic nitrogens is 2. The lowest BCUT2D eigenvalue weighted by Gasteiger charge is -2.34. The summed E-state index contributed by atoms with van der Waals surface area (Å²) in [5.41, 5.74) is -0.632. The maximum Gasteiger partial charge on any atom is 0.273 e. The lowest BCUT2D eigenvalue weighted by molar-refractivity contribution is -0.00543. The number of aliphatic hydroxyl groups is 1. The van der Waals surface area contributed by atoms with Crippen LogP contribution in [0, 0.1) is 11.7 Å². The SMILES string of the molecule is CCc1nc(C(=O)NCC2(O)CCC(C)CC2)c(Cl)n1-c1ccc(Br)cc1F. The van der Waals surface area contributed by atoms with Crippen molar-refractivity contribution >= 4 is 33.4 Å². The zero-order valence-corrected chi connectivity index (χ0v) is 18.3. The van der Waals surface area contributed by atoms with Crippen LogP contribution in [0.1, 0.15) is 55.8 Å². The van der Waals surface area contributed by atoms with Crippen molar-refractivity contribution in [2.24, 2.45) is 5.92 Å². The normalized spacial score (nSPS) is 22.3. The third kappa shape index (κ3) is 4.42. The number of amides is 1. The topological polar surface area (TPSA) is 67.2 Å². The molecule has 1 fully saturated rings. The monoisotopic (exact) mass is 471 g/mol. The molecule has 1 aromatic carbocycles. The molecular weight excluding hydrogens is 449 g/mol. The van der Waals surface area contributed by atoms with Crippen molar-refractivity contribution in [3.63, 3.8) is 0 Å². The quantitative estimate of drug-likeness (QED) is 0.665. The van der Waals surface area contributed by atoms with Gasteiger partial charge >= 0.3 is 0 Å². The standard InChI is InChI=1S/C20H24BrClFN3O2/c1-3-16-25-17(18(22)26(16)15-5-4-13(21)10-14(15)23)19(27)24-11-20(28)8-6-12(2)7-9-20/h4-5,10,12,28H,3,6-9,11H2,1-2H3,(H,24,27). The van der Waals surface area contributed by atoms with Gasteiger partial charge in [0, 0.05) is 17.4 Å². The molecule has 28 heavy (non-hydrogen) atoms. The number of rotatable bonds is 5. The predicted molar refractivity (Wildman–Crippen MR) is 111 cm³/mol. The maximum absolute atomic E-state index is 14.4. The van der Waals surface area contributed by atoms with Crippen LogP contribution in [0.25, 0.3) is 5.69 Å². The molecule has 1 aliphatic rings. The second-order valence-electron chi connectivity index (χ2n) is 7.54. The molecule has 1 aromatic heterocycles. The fourth-order valence-electron chi connectivity index (χ4n) is 3.54. The first kappa shape index (κ1) is 21.3. The molecule has 2 N–H and O–H groups in total. The Morgan fingerprint density at radius 1 is 1.46 bits per heavy atom.